The number of carbonyl (C=O) groups excluding carboxylic acids is 1. The van der Waals surface area contributed by atoms with E-state index in [0.717, 1.165) is 37.1 Å². The molecule has 2 aliphatic rings. The van der Waals surface area contributed by atoms with Crippen LogP contribution in [0, 0.1) is 5.82 Å². The highest BCUT2D eigenvalue weighted by molar-refractivity contribution is 7.92. The molecule has 30 heavy (non-hydrogen) atoms. The summed E-state index contributed by atoms with van der Waals surface area (Å²) in [4.78, 5) is 17.2. The lowest BCUT2D eigenvalue weighted by atomic mass is 10.00. The third-order valence-electron chi connectivity index (χ3n) is 5.78. The van der Waals surface area contributed by atoms with E-state index in [1.165, 1.54) is 22.7 Å². The van der Waals surface area contributed by atoms with Crippen molar-refractivity contribution in [3.63, 3.8) is 0 Å². The number of amides is 1. The molecule has 6 nitrogen and oxygen atoms in total. The van der Waals surface area contributed by atoms with E-state index in [9.17, 15) is 17.6 Å². The summed E-state index contributed by atoms with van der Waals surface area (Å²) < 4.78 is 38.7. The molecule has 0 bridgehead atoms. The minimum absolute atomic E-state index is 0.0322. The highest BCUT2D eigenvalue weighted by Gasteiger charge is 2.26. The van der Waals surface area contributed by atoms with E-state index in [-0.39, 0.29) is 11.7 Å². The van der Waals surface area contributed by atoms with Gasteiger partial charge in [0.1, 0.15) is 5.82 Å². The lowest BCUT2D eigenvalue weighted by molar-refractivity contribution is 0.0767. The molecule has 1 amide bonds. The molecule has 0 N–H and O–H groups in total. The second-order valence-electron chi connectivity index (χ2n) is 7.89. The molecule has 8 heteroatoms. The molecule has 2 heterocycles. The van der Waals surface area contributed by atoms with Gasteiger partial charge in [-0.1, -0.05) is 0 Å². The van der Waals surface area contributed by atoms with Crippen molar-refractivity contribution in [1.82, 2.24) is 4.90 Å². The molecule has 0 aliphatic carbocycles. The van der Waals surface area contributed by atoms with Crippen LogP contribution in [0.5, 0.6) is 0 Å². The van der Waals surface area contributed by atoms with Crippen LogP contribution < -0.4 is 9.21 Å². The van der Waals surface area contributed by atoms with Gasteiger partial charge in [-0.3, -0.25) is 9.10 Å². The largest absolute Gasteiger partial charge is 0.370 e. The first-order valence-electron chi connectivity index (χ1n) is 10.2. The van der Waals surface area contributed by atoms with Gasteiger partial charge in [-0.15, -0.1) is 0 Å². The van der Waals surface area contributed by atoms with Crippen LogP contribution in [0.2, 0.25) is 0 Å². The number of aryl methyl sites for hydroxylation is 1. The molecule has 1 fully saturated rings. The average molecular weight is 432 g/mol. The third-order valence-corrected chi connectivity index (χ3v) is 6.96. The summed E-state index contributed by atoms with van der Waals surface area (Å²) in [6.07, 6.45) is 3.55. The predicted octanol–water partition coefficient (Wildman–Crippen LogP) is 2.89. The quantitative estimate of drug-likeness (QED) is 0.750. The van der Waals surface area contributed by atoms with E-state index in [1.807, 2.05) is 11.0 Å². The topological polar surface area (TPSA) is 60.9 Å². The summed E-state index contributed by atoms with van der Waals surface area (Å²) in [6.45, 7) is 3.21. The number of nitrogens with zero attached hydrogens (tertiary/aromatic N) is 3. The zero-order valence-corrected chi connectivity index (χ0v) is 17.9. The van der Waals surface area contributed by atoms with Crippen molar-refractivity contribution in [3.05, 3.63) is 59.4 Å². The Hall–Kier alpha value is -2.61. The molecule has 1 saturated heterocycles. The second-order valence-corrected chi connectivity index (χ2v) is 9.80. The number of benzene rings is 2. The zero-order valence-electron chi connectivity index (χ0n) is 17.1. The molecule has 0 atom stereocenters. The Labute approximate surface area is 176 Å². The minimum Gasteiger partial charge on any atom is -0.370 e. The molecule has 2 aromatic rings. The van der Waals surface area contributed by atoms with Crippen LogP contribution in [0.3, 0.4) is 0 Å². The zero-order chi connectivity index (χ0) is 21.3. The van der Waals surface area contributed by atoms with E-state index >= 15 is 0 Å². The van der Waals surface area contributed by atoms with Crippen LogP contribution in [-0.2, 0) is 16.4 Å². The molecule has 2 aliphatic heterocycles. The Bertz CT molecular complexity index is 1040. The smallest absolute Gasteiger partial charge is 0.253 e. The number of hydrogen-bond acceptors (Lipinski definition) is 4. The first kappa shape index (κ1) is 20.7. The van der Waals surface area contributed by atoms with Crippen molar-refractivity contribution >= 4 is 27.3 Å². The fourth-order valence-electron chi connectivity index (χ4n) is 4.25. The number of fused-ring (bicyclic) bond motifs is 1. The van der Waals surface area contributed by atoms with Gasteiger partial charge in [0.2, 0.25) is 10.0 Å². The van der Waals surface area contributed by atoms with Crippen molar-refractivity contribution in [2.24, 2.45) is 0 Å². The first-order valence-corrected chi connectivity index (χ1v) is 12.1. The molecule has 0 aromatic heterocycles. The number of carbonyl (C=O) groups is 1. The van der Waals surface area contributed by atoms with Gasteiger partial charge in [0.25, 0.3) is 5.91 Å². The third kappa shape index (κ3) is 4.28. The highest BCUT2D eigenvalue weighted by atomic mass is 32.2. The molecule has 0 saturated carbocycles. The molecule has 160 valence electrons. The van der Waals surface area contributed by atoms with E-state index in [0.29, 0.717) is 37.4 Å². The number of halogens is 1. The van der Waals surface area contributed by atoms with Crippen molar-refractivity contribution in [3.8, 4) is 0 Å². The van der Waals surface area contributed by atoms with Gasteiger partial charge in [0, 0.05) is 44.0 Å². The summed E-state index contributed by atoms with van der Waals surface area (Å²) in [6, 6.07) is 11.8. The van der Waals surface area contributed by atoms with Crippen LogP contribution in [0.25, 0.3) is 0 Å². The summed E-state index contributed by atoms with van der Waals surface area (Å²) in [5.41, 5.74) is 3.14. The van der Waals surface area contributed by atoms with Gasteiger partial charge in [-0.05, 0) is 67.3 Å². The van der Waals surface area contributed by atoms with Crippen LogP contribution in [0.4, 0.5) is 15.8 Å². The highest BCUT2D eigenvalue weighted by Crippen LogP contribution is 2.30. The SMILES string of the molecule is CS(=O)(=O)N1CCCc2cc(C(=O)N3CCCN(c4ccc(F)cc4)CC3)ccc21. The van der Waals surface area contributed by atoms with Crippen molar-refractivity contribution in [2.45, 2.75) is 19.3 Å². The Morgan fingerprint density at radius 2 is 1.70 bits per heavy atom. The van der Waals surface area contributed by atoms with Crippen LogP contribution >= 0.6 is 0 Å². The number of sulfonamides is 1. The standard InChI is InChI=1S/C22H26FN3O3S/c1-30(28,29)26-13-2-4-17-16-18(5-10-21(17)26)22(27)25-12-3-11-24(14-15-25)20-8-6-19(23)7-9-20/h5-10,16H,2-4,11-15H2,1H3. The molecule has 0 unspecified atom stereocenters. The van der Waals surface area contributed by atoms with Gasteiger partial charge in [-0.25, -0.2) is 12.8 Å². The maximum absolute atomic E-state index is 13.2. The number of anilines is 2. The number of hydrogen-bond donors (Lipinski definition) is 0. The van der Waals surface area contributed by atoms with Crippen LogP contribution in [0.15, 0.2) is 42.5 Å². The molecule has 0 radical (unpaired) electrons. The van der Waals surface area contributed by atoms with Crippen molar-refractivity contribution < 1.29 is 17.6 Å². The Morgan fingerprint density at radius 1 is 0.933 bits per heavy atom. The molecular weight excluding hydrogens is 405 g/mol. The lowest BCUT2D eigenvalue weighted by Gasteiger charge is -2.30. The first-order chi connectivity index (χ1) is 14.3. The van der Waals surface area contributed by atoms with E-state index in [1.54, 1.807) is 24.3 Å². The van der Waals surface area contributed by atoms with Gasteiger partial charge < -0.3 is 9.80 Å². The molecule has 0 spiro atoms. The van der Waals surface area contributed by atoms with Gasteiger partial charge >= 0.3 is 0 Å². The van der Waals surface area contributed by atoms with Gasteiger partial charge in [0.05, 0.1) is 11.9 Å². The second kappa shape index (κ2) is 8.26. The van der Waals surface area contributed by atoms with Crippen molar-refractivity contribution in [2.75, 3.05) is 48.2 Å². The maximum atomic E-state index is 13.2. The van der Waals surface area contributed by atoms with E-state index in [2.05, 4.69) is 4.90 Å². The maximum Gasteiger partial charge on any atom is 0.253 e. The lowest BCUT2D eigenvalue weighted by Crippen LogP contribution is -2.36. The van der Waals surface area contributed by atoms with Gasteiger partial charge in [0.15, 0.2) is 0 Å². The molecule has 2 aromatic carbocycles. The van der Waals surface area contributed by atoms with Crippen molar-refractivity contribution in [1.29, 1.82) is 0 Å². The predicted molar refractivity (Wildman–Crippen MR) is 116 cm³/mol. The normalized spacial score (nSPS) is 17.5. The monoisotopic (exact) mass is 431 g/mol. The van der Waals surface area contributed by atoms with Crippen LogP contribution in [-0.4, -0.2) is 58.2 Å². The number of rotatable bonds is 3. The minimum atomic E-state index is -3.32. The Morgan fingerprint density at radius 3 is 2.43 bits per heavy atom. The fraction of sp³-hybridized carbons (Fsp3) is 0.409. The van der Waals surface area contributed by atoms with E-state index < -0.39 is 10.0 Å². The van der Waals surface area contributed by atoms with Crippen LogP contribution in [0.1, 0.15) is 28.8 Å². The summed E-state index contributed by atoms with van der Waals surface area (Å²) in [5.74, 6) is -0.289. The summed E-state index contributed by atoms with van der Waals surface area (Å²) >= 11 is 0. The fourth-order valence-corrected chi connectivity index (χ4v) is 5.25. The molecule has 4 rings (SSSR count). The molecular formula is C22H26FN3O3S. The Kier molecular flexibility index (Phi) is 5.69. The average Bonchev–Trinajstić information content (AvgIpc) is 2.98. The summed E-state index contributed by atoms with van der Waals surface area (Å²) in [5, 5.41) is 0. The van der Waals surface area contributed by atoms with E-state index in [4.69, 9.17) is 0 Å². The van der Waals surface area contributed by atoms with Gasteiger partial charge in [-0.2, -0.15) is 0 Å². The summed E-state index contributed by atoms with van der Waals surface area (Å²) in [7, 11) is -3.32. The Balaban J connectivity index is 1.49.